The quantitative estimate of drug-likeness (QED) is 0.761. The average molecular weight is 217 g/mol. The van der Waals surface area contributed by atoms with Crippen LogP contribution in [0.4, 0.5) is 0 Å². The largest absolute Gasteiger partial charge is 0.366 e. The van der Waals surface area contributed by atoms with Crippen molar-refractivity contribution in [2.75, 3.05) is 6.26 Å². The smallest absolute Gasteiger partial charge is 0.0235 e. The summed E-state index contributed by atoms with van der Waals surface area (Å²) >= 11 is 1.79. The molecule has 1 unspecified atom stereocenters. The predicted octanol–water partition coefficient (Wildman–Crippen LogP) is 3.51. The highest BCUT2D eigenvalue weighted by Crippen LogP contribution is 2.25. The van der Waals surface area contributed by atoms with Crippen LogP contribution in [0.15, 0.2) is 53.2 Å². The number of rotatable bonds is 2. The molecule has 0 fully saturated rings. The molecule has 0 radical (unpaired) electrons. The molecule has 1 aromatic rings. The first-order chi connectivity index (χ1) is 7.29. The molecule has 0 saturated heterocycles. The molecule has 1 N–H and O–H groups in total. The average Bonchev–Trinajstić information content (AvgIpc) is 2.29. The molecule has 1 aromatic carbocycles. The molecule has 0 aliphatic carbocycles. The van der Waals surface area contributed by atoms with Gasteiger partial charge in [-0.15, -0.1) is 11.8 Å². The Morgan fingerprint density at radius 1 is 1.33 bits per heavy atom. The third kappa shape index (κ3) is 2.45. The molecule has 0 bridgehead atoms. The van der Waals surface area contributed by atoms with Crippen LogP contribution in [0.5, 0.6) is 0 Å². The van der Waals surface area contributed by atoms with Gasteiger partial charge in [-0.3, -0.25) is 0 Å². The maximum atomic E-state index is 3.19. The Labute approximate surface area is 95.3 Å². The van der Waals surface area contributed by atoms with E-state index in [-0.39, 0.29) is 0 Å². The molecule has 1 aliphatic rings. The number of hydrogen-bond donors (Lipinski definition) is 1. The third-order valence-corrected chi connectivity index (χ3v) is 3.25. The minimum atomic E-state index is 0.415. The van der Waals surface area contributed by atoms with Gasteiger partial charge in [-0.2, -0.15) is 0 Å². The van der Waals surface area contributed by atoms with Crippen LogP contribution in [-0.2, 0) is 0 Å². The van der Waals surface area contributed by atoms with Crippen molar-refractivity contribution in [2.24, 2.45) is 0 Å². The highest BCUT2D eigenvalue weighted by molar-refractivity contribution is 7.98. The maximum absolute atomic E-state index is 3.19. The van der Waals surface area contributed by atoms with Crippen molar-refractivity contribution < 1.29 is 0 Å². The van der Waals surface area contributed by atoms with Crippen molar-refractivity contribution in [1.29, 1.82) is 0 Å². The van der Waals surface area contributed by atoms with Crippen LogP contribution in [0.3, 0.4) is 0 Å². The van der Waals surface area contributed by atoms with Crippen LogP contribution in [0.2, 0.25) is 0 Å². The third-order valence-electron chi connectivity index (χ3n) is 2.52. The Balaban J connectivity index is 2.28. The van der Waals surface area contributed by atoms with Crippen LogP contribution < -0.4 is 5.32 Å². The summed E-state index contributed by atoms with van der Waals surface area (Å²) < 4.78 is 0. The van der Waals surface area contributed by atoms with Crippen LogP contribution in [0.25, 0.3) is 0 Å². The number of thioether (sulfide) groups is 1. The summed E-state index contributed by atoms with van der Waals surface area (Å²) in [6, 6.07) is 8.72. The van der Waals surface area contributed by atoms with Gasteiger partial charge in [0.25, 0.3) is 0 Å². The van der Waals surface area contributed by atoms with Crippen molar-refractivity contribution in [3.05, 3.63) is 53.9 Å². The molecule has 1 heterocycles. The van der Waals surface area contributed by atoms with Gasteiger partial charge in [-0.1, -0.05) is 24.3 Å². The Bertz CT molecular complexity index is 407. The van der Waals surface area contributed by atoms with Gasteiger partial charge in [-0.25, -0.2) is 0 Å². The summed E-state index contributed by atoms with van der Waals surface area (Å²) in [5.41, 5.74) is 2.58. The van der Waals surface area contributed by atoms with Crippen molar-refractivity contribution in [2.45, 2.75) is 17.7 Å². The van der Waals surface area contributed by atoms with E-state index in [9.17, 15) is 0 Å². The van der Waals surface area contributed by atoms with E-state index >= 15 is 0 Å². The Kier molecular flexibility index (Phi) is 3.17. The van der Waals surface area contributed by atoms with Crippen LogP contribution in [0.1, 0.15) is 18.4 Å². The zero-order valence-corrected chi connectivity index (χ0v) is 9.84. The molecule has 2 rings (SSSR count). The predicted molar refractivity (Wildman–Crippen MR) is 67.0 cm³/mol. The van der Waals surface area contributed by atoms with Gasteiger partial charge in [-0.05, 0) is 37.1 Å². The Hall–Kier alpha value is -1.15. The van der Waals surface area contributed by atoms with E-state index in [1.807, 2.05) is 6.20 Å². The van der Waals surface area contributed by atoms with Gasteiger partial charge in [0.05, 0.1) is 0 Å². The zero-order chi connectivity index (χ0) is 10.7. The van der Waals surface area contributed by atoms with Crippen molar-refractivity contribution in [3.63, 3.8) is 0 Å². The Morgan fingerprint density at radius 3 is 2.93 bits per heavy atom. The van der Waals surface area contributed by atoms with E-state index in [2.05, 4.69) is 54.9 Å². The Morgan fingerprint density at radius 2 is 2.20 bits per heavy atom. The van der Waals surface area contributed by atoms with Crippen molar-refractivity contribution in [1.82, 2.24) is 5.32 Å². The molecule has 78 valence electrons. The monoisotopic (exact) mass is 217 g/mol. The maximum Gasteiger partial charge on any atom is 0.0235 e. The summed E-state index contributed by atoms with van der Waals surface area (Å²) in [6.45, 7) is 2.09. The lowest BCUT2D eigenvalue weighted by molar-refractivity contribution is 0.928. The molecule has 1 atom stereocenters. The number of benzene rings is 1. The summed E-state index contributed by atoms with van der Waals surface area (Å²) in [6.07, 6.45) is 8.57. The van der Waals surface area contributed by atoms with E-state index in [0.717, 1.165) is 0 Å². The molecule has 0 aromatic heterocycles. The van der Waals surface area contributed by atoms with Gasteiger partial charge in [0, 0.05) is 16.5 Å². The van der Waals surface area contributed by atoms with Gasteiger partial charge in [0.1, 0.15) is 0 Å². The summed E-state index contributed by atoms with van der Waals surface area (Å²) in [5.74, 6) is 0.415. The lowest BCUT2D eigenvalue weighted by atomic mass is 9.96. The normalized spacial score (nSPS) is 19.6. The minimum absolute atomic E-state index is 0.415. The summed E-state index contributed by atoms with van der Waals surface area (Å²) in [7, 11) is 0. The second kappa shape index (κ2) is 4.58. The van der Waals surface area contributed by atoms with E-state index < -0.39 is 0 Å². The number of nitrogens with one attached hydrogen (secondary N) is 1. The van der Waals surface area contributed by atoms with Gasteiger partial charge >= 0.3 is 0 Å². The number of dihydropyridines is 1. The van der Waals surface area contributed by atoms with E-state index in [1.165, 1.54) is 16.2 Å². The summed E-state index contributed by atoms with van der Waals surface area (Å²) in [4.78, 5) is 1.32. The SMILES string of the molecule is CSc1cccc(C2C=CNC(C)=C2)c1. The van der Waals surface area contributed by atoms with Crippen LogP contribution in [-0.4, -0.2) is 6.26 Å². The molecule has 0 saturated carbocycles. The molecule has 1 aliphatic heterocycles. The van der Waals surface area contributed by atoms with E-state index in [0.29, 0.717) is 5.92 Å². The molecular weight excluding hydrogens is 202 g/mol. The zero-order valence-electron chi connectivity index (χ0n) is 9.03. The standard InChI is InChI=1S/C13H15NS/c1-10-8-12(6-7-14-10)11-4-3-5-13(9-11)15-2/h3-9,12,14H,1-2H3. The fraction of sp³-hybridized carbons (Fsp3) is 0.231. The number of hydrogen-bond acceptors (Lipinski definition) is 2. The number of allylic oxidation sites excluding steroid dienone is 3. The second-order valence-corrected chi connectivity index (χ2v) is 4.54. The fourth-order valence-corrected chi connectivity index (χ4v) is 2.18. The van der Waals surface area contributed by atoms with E-state index in [4.69, 9.17) is 0 Å². The minimum Gasteiger partial charge on any atom is -0.366 e. The molecule has 1 nitrogen and oxygen atoms in total. The first kappa shape index (κ1) is 10.4. The second-order valence-electron chi connectivity index (χ2n) is 3.66. The molecular formula is C13H15NS. The highest BCUT2D eigenvalue weighted by atomic mass is 32.2. The first-order valence-electron chi connectivity index (χ1n) is 5.05. The fourth-order valence-electron chi connectivity index (χ4n) is 1.71. The van der Waals surface area contributed by atoms with E-state index in [1.54, 1.807) is 11.8 Å². The van der Waals surface area contributed by atoms with Gasteiger partial charge < -0.3 is 5.32 Å². The highest BCUT2D eigenvalue weighted by Gasteiger charge is 2.08. The summed E-state index contributed by atoms with van der Waals surface area (Å²) in [5, 5.41) is 3.19. The van der Waals surface area contributed by atoms with Crippen LogP contribution in [0, 0.1) is 0 Å². The molecule has 2 heteroatoms. The molecule has 15 heavy (non-hydrogen) atoms. The van der Waals surface area contributed by atoms with Crippen LogP contribution >= 0.6 is 11.8 Å². The van der Waals surface area contributed by atoms with Crippen molar-refractivity contribution in [3.8, 4) is 0 Å². The lowest BCUT2D eigenvalue weighted by Crippen LogP contribution is -2.09. The van der Waals surface area contributed by atoms with Gasteiger partial charge in [0.2, 0.25) is 0 Å². The van der Waals surface area contributed by atoms with Gasteiger partial charge in [0.15, 0.2) is 0 Å². The van der Waals surface area contributed by atoms with Crippen molar-refractivity contribution >= 4 is 11.8 Å². The lowest BCUT2D eigenvalue weighted by Gasteiger charge is -2.16. The topological polar surface area (TPSA) is 12.0 Å². The molecule has 0 spiro atoms. The first-order valence-corrected chi connectivity index (χ1v) is 6.27. The molecule has 0 amide bonds.